The molecule has 17 heavy (non-hydrogen) atoms. The molecule has 1 N–H and O–H groups in total. The van der Waals surface area contributed by atoms with Gasteiger partial charge in [0.15, 0.2) is 0 Å². The summed E-state index contributed by atoms with van der Waals surface area (Å²) in [5.74, 6) is -3.11. The van der Waals surface area contributed by atoms with Crippen LogP contribution in [0.15, 0.2) is 22.7 Å². The highest BCUT2D eigenvalue weighted by Gasteiger charge is 2.37. The minimum Gasteiger partial charge on any atom is -0.481 e. The van der Waals surface area contributed by atoms with Crippen molar-refractivity contribution in [2.75, 3.05) is 11.4 Å². The summed E-state index contributed by atoms with van der Waals surface area (Å²) >= 11 is 3.02. The predicted molar refractivity (Wildman–Crippen MR) is 62.2 cm³/mol. The summed E-state index contributed by atoms with van der Waals surface area (Å²) in [6, 6.07) is 4.29. The SMILES string of the molecule is O=C(O)C1CCN(c2ccc(Br)c(F)c2)C1=O. The van der Waals surface area contributed by atoms with E-state index in [9.17, 15) is 14.0 Å². The molecule has 0 spiro atoms. The van der Waals surface area contributed by atoms with Crippen LogP contribution in [0.3, 0.4) is 0 Å². The quantitative estimate of drug-likeness (QED) is 0.850. The average molecular weight is 302 g/mol. The minimum absolute atomic E-state index is 0.256. The van der Waals surface area contributed by atoms with E-state index in [1.54, 1.807) is 6.07 Å². The number of halogens is 2. The monoisotopic (exact) mass is 301 g/mol. The third kappa shape index (κ3) is 2.17. The van der Waals surface area contributed by atoms with Gasteiger partial charge in [-0.2, -0.15) is 0 Å². The van der Waals surface area contributed by atoms with E-state index in [0.29, 0.717) is 16.7 Å². The molecule has 0 bridgehead atoms. The topological polar surface area (TPSA) is 57.6 Å². The Labute approximate surface area is 105 Å². The normalized spacial score (nSPS) is 19.8. The second-order valence-electron chi connectivity index (χ2n) is 3.77. The Morgan fingerprint density at radius 1 is 1.53 bits per heavy atom. The van der Waals surface area contributed by atoms with Gasteiger partial charge in [0.1, 0.15) is 11.7 Å². The van der Waals surface area contributed by atoms with E-state index >= 15 is 0 Å². The standard InChI is InChI=1S/C11H9BrFNO3/c12-8-2-1-6(5-9(8)13)14-4-3-7(10(14)15)11(16)17/h1-2,5,7H,3-4H2,(H,16,17). The van der Waals surface area contributed by atoms with Gasteiger partial charge in [-0.1, -0.05) is 0 Å². The molecule has 90 valence electrons. The lowest BCUT2D eigenvalue weighted by molar-refractivity contribution is -0.144. The van der Waals surface area contributed by atoms with Gasteiger partial charge in [0, 0.05) is 12.2 Å². The van der Waals surface area contributed by atoms with Crippen LogP contribution in [0.4, 0.5) is 10.1 Å². The summed E-state index contributed by atoms with van der Waals surface area (Å²) in [7, 11) is 0. The largest absolute Gasteiger partial charge is 0.481 e. The average Bonchev–Trinajstić information content (AvgIpc) is 2.64. The number of carboxylic acid groups (broad SMARTS) is 1. The number of aliphatic carboxylic acids is 1. The van der Waals surface area contributed by atoms with Crippen LogP contribution in [0.1, 0.15) is 6.42 Å². The van der Waals surface area contributed by atoms with Crippen molar-refractivity contribution < 1.29 is 19.1 Å². The Morgan fingerprint density at radius 2 is 2.24 bits per heavy atom. The molecule has 1 aromatic rings. The number of hydrogen-bond acceptors (Lipinski definition) is 2. The fourth-order valence-corrected chi connectivity index (χ4v) is 2.06. The number of anilines is 1. The molecule has 1 fully saturated rings. The van der Waals surface area contributed by atoms with E-state index in [1.807, 2.05) is 0 Å². The van der Waals surface area contributed by atoms with Crippen molar-refractivity contribution in [3.8, 4) is 0 Å². The molecular weight excluding hydrogens is 293 g/mol. The number of benzene rings is 1. The molecule has 2 rings (SSSR count). The number of nitrogens with zero attached hydrogens (tertiary/aromatic N) is 1. The van der Waals surface area contributed by atoms with E-state index in [4.69, 9.17) is 5.11 Å². The van der Waals surface area contributed by atoms with E-state index in [-0.39, 0.29) is 6.42 Å². The van der Waals surface area contributed by atoms with Crippen LogP contribution < -0.4 is 4.90 Å². The van der Waals surface area contributed by atoms with Crippen molar-refractivity contribution in [1.82, 2.24) is 0 Å². The molecule has 1 unspecified atom stereocenters. The Hall–Kier alpha value is -1.43. The van der Waals surface area contributed by atoms with Crippen molar-refractivity contribution >= 4 is 33.5 Å². The molecule has 1 aliphatic heterocycles. The molecule has 1 aromatic carbocycles. The van der Waals surface area contributed by atoms with Crippen LogP contribution in [0, 0.1) is 11.7 Å². The number of amides is 1. The summed E-state index contributed by atoms with van der Waals surface area (Å²) < 4.78 is 13.6. The maximum Gasteiger partial charge on any atom is 0.316 e. The van der Waals surface area contributed by atoms with Gasteiger partial charge in [0.25, 0.3) is 0 Å². The zero-order valence-electron chi connectivity index (χ0n) is 8.69. The fourth-order valence-electron chi connectivity index (χ4n) is 1.82. The van der Waals surface area contributed by atoms with E-state index in [0.717, 1.165) is 0 Å². The van der Waals surface area contributed by atoms with Gasteiger partial charge >= 0.3 is 5.97 Å². The molecule has 6 heteroatoms. The highest BCUT2D eigenvalue weighted by Crippen LogP contribution is 2.28. The Kier molecular flexibility index (Phi) is 3.15. The van der Waals surface area contributed by atoms with Gasteiger partial charge in [0.2, 0.25) is 5.91 Å². The van der Waals surface area contributed by atoms with Crippen molar-refractivity contribution in [1.29, 1.82) is 0 Å². The Balaban J connectivity index is 2.27. The van der Waals surface area contributed by atoms with Crippen LogP contribution in [-0.2, 0) is 9.59 Å². The first-order valence-corrected chi connectivity index (χ1v) is 5.79. The van der Waals surface area contributed by atoms with Crippen LogP contribution in [-0.4, -0.2) is 23.5 Å². The third-order valence-electron chi connectivity index (χ3n) is 2.72. The summed E-state index contributed by atoms with van der Waals surface area (Å²) in [6.45, 7) is 0.302. The second kappa shape index (κ2) is 4.44. The lowest BCUT2D eigenvalue weighted by Crippen LogP contribution is -2.30. The zero-order valence-corrected chi connectivity index (χ0v) is 10.3. The van der Waals surface area contributed by atoms with E-state index in [1.165, 1.54) is 17.0 Å². The fraction of sp³-hybridized carbons (Fsp3) is 0.273. The number of carbonyl (C=O) groups is 2. The molecule has 1 heterocycles. The number of rotatable bonds is 2. The number of carbonyl (C=O) groups excluding carboxylic acids is 1. The highest BCUT2D eigenvalue weighted by molar-refractivity contribution is 9.10. The van der Waals surface area contributed by atoms with E-state index in [2.05, 4.69) is 15.9 Å². The van der Waals surface area contributed by atoms with Crippen molar-refractivity contribution in [2.45, 2.75) is 6.42 Å². The van der Waals surface area contributed by atoms with E-state index < -0.39 is 23.6 Å². The lowest BCUT2D eigenvalue weighted by Gasteiger charge is -2.16. The molecule has 0 saturated carbocycles. The zero-order chi connectivity index (χ0) is 12.6. The predicted octanol–water partition coefficient (Wildman–Crippen LogP) is 2.03. The summed E-state index contributed by atoms with van der Waals surface area (Å²) in [4.78, 5) is 23.8. The van der Waals surface area contributed by atoms with Crippen LogP contribution >= 0.6 is 15.9 Å². The number of hydrogen-bond donors (Lipinski definition) is 1. The second-order valence-corrected chi connectivity index (χ2v) is 4.62. The first-order valence-electron chi connectivity index (χ1n) is 5.00. The summed E-state index contributed by atoms with van der Waals surface area (Å²) in [6.07, 6.45) is 0.256. The van der Waals surface area contributed by atoms with Crippen LogP contribution in [0.25, 0.3) is 0 Å². The maximum absolute atomic E-state index is 13.3. The maximum atomic E-state index is 13.3. The first kappa shape index (κ1) is 12.0. The molecule has 0 radical (unpaired) electrons. The molecule has 1 saturated heterocycles. The molecule has 1 aliphatic rings. The third-order valence-corrected chi connectivity index (χ3v) is 3.36. The van der Waals surface area contributed by atoms with Gasteiger partial charge in [-0.25, -0.2) is 4.39 Å². The molecule has 0 aliphatic carbocycles. The summed E-state index contributed by atoms with van der Waals surface area (Å²) in [5.41, 5.74) is 0.388. The lowest BCUT2D eigenvalue weighted by atomic mass is 10.1. The molecule has 0 aromatic heterocycles. The summed E-state index contributed by atoms with van der Waals surface area (Å²) in [5, 5.41) is 8.82. The van der Waals surface area contributed by atoms with Gasteiger partial charge in [0.05, 0.1) is 4.47 Å². The Bertz CT molecular complexity index is 492. The minimum atomic E-state index is -1.13. The highest BCUT2D eigenvalue weighted by atomic mass is 79.9. The van der Waals surface area contributed by atoms with Gasteiger partial charge < -0.3 is 10.0 Å². The van der Waals surface area contributed by atoms with Crippen molar-refractivity contribution in [3.05, 3.63) is 28.5 Å². The molecule has 4 nitrogen and oxygen atoms in total. The number of carboxylic acids is 1. The van der Waals surface area contributed by atoms with Crippen LogP contribution in [0.2, 0.25) is 0 Å². The smallest absolute Gasteiger partial charge is 0.316 e. The molecule has 1 amide bonds. The van der Waals surface area contributed by atoms with Crippen molar-refractivity contribution in [2.24, 2.45) is 5.92 Å². The Morgan fingerprint density at radius 3 is 2.76 bits per heavy atom. The first-order chi connectivity index (χ1) is 8.00. The van der Waals surface area contributed by atoms with Crippen molar-refractivity contribution in [3.63, 3.8) is 0 Å². The van der Waals surface area contributed by atoms with Gasteiger partial charge in [-0.05, 0) is 40.5 Å². The van der Waals surface area contributed by atoms with Gasteiger partial charge in [-0.3, -0.25) is 9.59 Å². The molecule has 1 atom stereocenters. The van der Waals surface area contributed by atoms with Gasteiger partial charge in [-0.15, -0.1) is 0 Å². The van der Waals surface area contributed by atoms with Crippen LogP contribution in [0.5, 0.6) is 0 Å². The molecular formula is C11H9BrFNO3.